The third kappa shape index (κ3) is 2.41. The van der Waals surface area contributed by atoms with E-state index in [4.69, 9.17) is 4.52 Å². The highest BCUT2D eigenvalue weighted by Crippen LogP contribution is 2.46. The van der Waals surface area contributed by atoms with Crippen molar-refractivity contribution >= 4 is 5.96 Å². The highest BCUT2D eigenvalue weighted by Gasteiger charge is 2.53. The molecule has 1 aromatic heterocycles. The van der Waals surface area contributed by atoms with Gasteiger partial charge in [-0.2, -0.15) is 0 Å². The van der Waals surface area contributed by atoms with Crippen molar-refractivity contribution in [1.82, 2.24) is 15.4 Å². The fraction of sp³-hybridized carbons (Fsp3) is 0.733. The number of nitrogens with zero attached hydrogens (tertiary/aromatic N) is 3. The summed E-state index contributed by atoms with van der Waals surface area (Å²) in [6.07, 6.45) is 0.894. The number of nitrogens with one attached hydrogen (secondary N) is 1. The topological polar surface area (TPSA) is 53.7 Å². The van der Waals surface area contributed by atoms with Crippen molar-refractivity contribution < 1.29 is 4.52 Å². The zero-order valence-corrected chi connectivity index (χ0v) is 13.4. The van der Waals surface area contributed by atoms with Gasteiger partial charge in [-0.05, 0) is 20.3 Å². The molecule has 5 nitrogen and oxygen atoms in total. The second-order valence-electron chi connectivity index (χ2n) is 6.57. The van der Waals surface area contributed by atoms with E-state index in [1.54, 1.807) is 0 Å². The maximum absolute atomic E-state index is 5.29. The molecule has 0 aliphatic carbocycles. The lowest BCUT2D eigenvalue weighted by molar-refractivity contribution is -0.0668. The van der Waals surface area contributed by atoms with Crippen molar-refractivity contribution in [2.45, 2.75) is 53.1 Å². The standard InChI is InChI=1S/C15H26N4O/c1-7-11-8-12(20-18-11)9-17-13(16-6)19-10-14(2,3)15(19,4)5/h8H,7,9-10H2,1-6H3,(H,16,17). The molecule has 0 spiro atoms. The molecule has 5 heteroatoms. The molecule has 0 aromatic carbocycles. The molecule has 0 radical (unpaired) electrons. The molecule has 1 aliphatic heterocycles. The molecule has 1 aromatic rings. The maximum Gasteiger partial charge on any atom is 0.194 e. The van der Waals surface area contributed by atoms with E-state index in [0.717, 1.165) is 30.4 Å². The summed E-state index contributed by atoms with van der Waals surface area (Å²) in [7, 11) is 1.82. The summed E-state index contributed by atoms with van der Waals surface area (Å²) in [6.45, 7) is 12.8. The van der Waals surface area contributed by atoms with Crippen LogP contribution in [0.25, 0.3) is 0 Å². The third-order valence-corrected chi connectivity index (χ3v) is 4.74. The Morgan fingerprint density at radius 1 is 1.45 bits per heavy atom. The van der Waals surface area contributed by atoms with E-state index >= 15 is 0 Å². The van der Waals surface area contributed by atoms with E-state index < -0.39 is 0 Å². The summed E-state index contributed by atoms with van der Waals surface area (Å²) in [5.74, 6) is 1.77. The molecule has 0 saturated carbocycles. The van der Waals surface area contributed by atoms with E-state index in [1.807, 2.05) is 13.1 Å². The summed E-state index contributed by atoms with van der Waals surface area (Å²) in [4.78, 5) is 6.69. The van der Waals surface area contributed by atoms with Gasteiger partial charge in [0.25, 0.3) is 0 Å². The Balaban J connectivity index is 1.98. The van der Waals surface area contributed by atoms with Gasteiger partial charge in [0, 0.05) is 30.6 Å². The van der Waals surface area contributed by atoms with Crippen LogP contribution in [0, 0.1) is 5.41 Å². The lowest BCUT2D eigenvalue weighted by Crippen LogP contribution is -2.72. The first kappa shape index (κ1) is 14.9. The SMILES string of the molecule is CCc1cc(CNC(=NC)N2CC(C)(C)C2(C)C)on1. The van der Waals surface area contributed by atoms with Crippen LogP contribution in [-0.4, -0.2) is 35.1 Å². The van der Waals surface area contributed by atoms with E-state index in [9.17, 15) is 0 Å². The minimum Gasteiger partial charge on any atom is -0.359 e. The molecule has 0 bridgehead atoms. The first-order valence-electron chi connectivity index (χ1n) is 7.24. The molecule has 0 unspecified atom stereocenters. The summed E-state index contributed by atoms with van der Waals surface area (Å²) in [5, 5.41) is 7.36. The Kier molecular flexibility index (Phi) is 3.80. The lowest BCUT2D eigenvalue weighted by Gasteiger charge is -2.62. The minimum absolute atomic E-state index is 0.102. The molecular formula is C15H26N4O. The minimum atomic E-state index is 0.102. The van der Waals surface area contributed by atoms with Crippen LogP contribution in [0.1, 0.15) is 46.1 Å². The lowest BCUT2D eigenvalue weighted by atomic mass is 9.65. The maximum atomic E-state index is 5.29. The van der Waals surface area contributed by atoms with Crippen LogP contribution in [0.2, 0.25) is 0 Å². The van der Waals surface area contributed by atoms with Crippen molar-refractivity contribution in [3.05, 3.63) is 17.5 Å². The van der Waals surface area contributed by atoms with Gasteiger partial charge in [0.1, 0.15) is 0 Å². The second-order valence-corrected chi connectivity index (χ2v) is 6.57. The number of aliphatic imine (C=N–C) groups is 1. The van der Waals surface area contributed by atoms with Gasteiger partial charge >= 0.3 is 0 Å². The molecule has 112 valence electrons. The first-order chi connectivity index (χ1) is 9.31. The van der Waals surface area contributed by atoms with Gasteiger partial charge in [0.15, 0.2) is 11.7 Å². The van der Waals surface area contributed by atoms with Crippen molar-refractivity contribution in [2.24, 2.45) is 10.4 Å². The summed E-state index contributed by atoms with van der Waals surface area (Å²) in [5.41, 5.74) is 1.39. The van der Waals surface area contributed by atoms with Crippen molar-refractivity contribution in [3.8, 4) is 0 Å². The Morgan fingerprint density at radius 2 is 2.15 bits per heavy atom. The summed E-state index contributed by atoms with van der Waals surface area (Å²) < 4.78 is 5.29. The van der Waals surface area contributed by atoms with E-state index in [-0.39, 0.29) is 5.54 Å². The number of hydrogen-bond donors (Lipinski definition) is 1. The molecule has 20 heavy (non-hydrogen) atoms. The quantitative estimate of drug-likeness (QED) is 0.681. The molecule has 1 fully saturated rings. The highest BCUT2D eigenvalue weighted by molar-refractivity contribution is 5.81. The van der Waals surface area contributed by atoms with Gasteiger partial charge in [0.2, 0.25) is 0 Å². The number of likely N-dealkylation sites (tertiary alicyclic amines) is 1. The van der Waals surface area contributed by atoms with Crippen LogP contribution in [0.4, 0.5) is 0 Å². The molecule has 1 aliphatic rings. The van der Waals surface area contributed by atoms with E-state index in [2.05, 4.69) is 55.0 Å². The summed E-state index contributed by atoms with van der Waals surface area (Å²) in [6, 6.07) is 1.99. The van der Waals surface area contributed by atoms with Crippen LogP contribution in [0.3, 0.4) is 0 Å². The van der Waals surface area contributed by atoms with Crippen molar-refractivity contribution in [3.63, 3.8) is 0 Å². The van der Waals surface area contributed by atoms with E-state index in [1.165, 1.54) is 0 Å². The highest BCUT2D eigenvalue weighted by atomic mass is 16.5. The van der Waals surface area contributed by atoms with Crippen molar-refractivity contribution in [1.29, 1.82) is 0 Å². The average Bonchev–Trinajstić information content (AvgIpc) is 2.86. The van der Waals surface area contributed by atoms with Crippen LogP contribution >= 0.6 is 0 Å². The Hall–Kier alpha value is -1.52. The normalized spacial score (nSPS) is 20.7. The Morgan fingerprint density at radius 3 is 2.60 bits per heavy atom. The molecular weight excluding hydrogens is 252 g/mol. The largest absolute Gasteiger partial charge is 0.359 e. The number of aryl methyl sites for hydroxylation is 1. The van der Waals surface area contributed by atoms with Crippen molar-refractivity contribution in [2.75, 3.05) is 13.6 Å². The molecule has 1 saturated heterocycles. The number of rotatable bonds is 3. The zero-order chi connectivity index (χ0) is 15.0. The molecule has 1 N–H and O–H groups in total. The second kappa shape index (κ2) is 5.11. The first-order valence-corrected chi connectivity index (χ1v) is 7.24. The van der Waals surface area contributed by atoms with Crippen LogP contribution in [0.5, 0.6) is 0 Å². The number of aromatic nitrogens is 1. The summed E-state index contributed by atoms with van der Waals surface area (Å²) >= 11 is 0. The van der Waals surface area contributed by atoms with Gasteiger partial charge in [-0.1, -0.05) is 25.9 Å². The Labute approximate surface area is 121 Å². The van der Waals surface area contributed by atoms with Gasteiger partial charge in [-0.15, -0.1) is 0 Å². The molecule has 2 rings (SSSR count). The fourth-order valence-electron chi connectivity index (χ4n) is 2.47. The van der Waals surface area contributed by atoms with Gasteiger partial charge in [0.05, 0.1) is 12.2 Å². The number of guanidine groups is 1. The Bertz CT molecular complexity index is 502. The van der Waals surface area contributed by atoms with Crippen LogP contribution in [-0.2, 0) is 13.0 Å². The van der Waals surface area contributed by atoms with E-state index in [0.29, 0.717) is 12.0 Å². The predicted octanol–water partition coefficient (Wildman–Crippen LogP) is 2.43. The monoisotopic (exact) mass is 278 g/mol. The van der Waals surface area contributed by atoms with Crippen LogP contribution in [0.15, 0.2) is 15.6 Å². The number of hydrogen-bond acceptors (Lipinski definition) is 3. The van der Waals surface area contributed by atoms with Gasteiger partial charge in [-0.25, -0.2) is 0 Å². The zero-order valence-electron chi connectivity index (χ0n) is 13.4. The predicted molar refractivity (Wildman–Crippen MR) is 80.6 cm³/mol. The smallest absolute Gasteiger partial charge is 0.194 e. The van der Waals surface area contributed by atoms with Gasteiger partial charge < -0.3 is 14.7 Å². The molecule has 2 heterocycles. The van der Waals surface area contributed by atoms with Crippen LogP contribution < -0.4 is 5.32 Å². The molecule has 0 atom stereocenters. The van der Waals surface area contributed by atoms with Gasteiger partial charge in [-0.3, -0.25) is 4.99 Å². The average molecular weight is 278 g/mol. The third-order valence-electron chi connectivity index (χ3n) is 4.74. The fourth-order valence-corrected chi connectivity index (χ4v) is 2.47. The molecule has 0 amide bonds.